The van der Waals surface area contributed by atoms with Gasteiger partial charge in [0.1, 0.15) is 0 Å². The molecule has 0 aromatic heterocycles. The number of unbranched alkanes of at least 4 members (excludes halogenated alkanes) is 6. The van der Waals surface area contributed by atoms with Gasteiger partial charge in [-0.1, -0.05) is 232 Å². The molecule has 94 heavy (non-hydrogen) atoms. The Morgan fingerprint density at radius 3 is 0.819 bits per heavy atom. The van der Waals surface area contributed by atoms with Crippen LogP contribution in [0, 0.1) is 41.5 Å². The molecule has 0 N–H and O–H groups in total. The first-order chi connectivity index (χ1) is 45.7. The molecule has 11 rings (SSSR count). The van der Waals surface area contributed by atoms with Gasteiger partial charge in [-0.2, -0.15) is 0 Å². The minimum Gasteiger partial charge on any atom is -0.310 e. The quantitative estimate of drug-likeness (QED) is 0.0499. The van der Waals surface area contributed by atoms with Gasteiger partial charge in [0, 0.05) is 43.1 Å². The fourth-order valence-corrected chi connectivity index (χ4v) is 15.0. The maximum absolute atomic E-state index is 3.65. The summed E-state index contributed by atoms with van der Waals surface area (Å²) in [6, 6.07) is 83.3. The van der Waals surface area contributed by atoms with Gasteiger partial charge in [0.2, 0.25) is 0 Å². The van der Waals surface area contributed by atoms with E-state index >= 15 is 0 Å². The van der Waals surface area contributed by atoms with Crippen LogP contribution < -0.4 is 9.80 Å². The zero-order valence-corrected chi connectivity index (χ0v) is 60.5. The predicted molar refractivity (Wildman–Crippen MR) is 416 cm³/mol. The molecule has 0 radical (unpaired) electrons. The Hall–Kier alpha value is -8.02. The summed E-state index contributed by atoms with van der Waals surface area (Å²) in [6.07, 6.45) is 16.2. The van der Waals surface area contributed by atoms with E-state index in [1.807, 2.05) is 0 Å². The van der Waals surface area contributed by atoms with E-state index in [1.54, 1.807) is 0 Å². The van der Waals surface area contributed by atoms with Crippen molar-refractivity contribution in [2.24, 2.45) is 0 Å². The lowest BCUT2D eigenvalue weighted by Crippen LogP contribution is -2.10. The van der Waals surface area contributed by atoms with Crippen LogP contribution in [-0.4, -0.2) is 0 Å². The van der Waals surface area contributed by atoms with Gasteiger partial charge in [0.05, 0.1) is 0 Å². The largest absolute Gasteiger partial charge is 0.310 e. The van der Waals surface area contributed by atoms with Crippen molar-refractivity contribution in [1.29, 1.82) is 0 Å². The van der Waals surface area contributed by atoms with Gasteiger partial charge in [0.25, 0.3) is 0 Å². The molecule has 0 unspecified atom stereocenters. The number of hydrogen-bond donors (Lipinski definition) is 0. The molecular formula is C90H94Br2N2. The normalized spacial score (nSPS) is 11.4. The smallest absolute Gasteiger partial charge is 0.0464 e. The van der Waals surface area contributed by atoms with Gasteiger partial charge in [-0.3, -0.25) is 0 Å². The number of halogens is 2. The number of nitrogens with zero attached hydrogens (tertiary/aromatic N) is 2. The SMILES string of the molecule is CCCCCCc1cc(-c2ccc(N(c3ccc(-c4ccc(Br)cc4)cc3)c3ccc(-c4c(C)cc(CCC)cc4C)cc3)cc2C)c(CCCCCC)cc1-c1ccc(N(c2ccc(-c3ccc(Br)cc3)cc2)c2ccc(-c3c(C)cc(CCC)cc3C)cc2)cc1C. The van der Waals surface area contributed by atoms with Crippen molar-refractivity contribution >= 4 is 66.0 Å². The highest BCUT2D eigenvalue weighted by Crippen LogP contribution is 2.45. The molecule has 0 saturated heterocycles. The van der Waals surface area contributed by atoms with Crippen LogP contribution in [0.5, 0.6) is 0 Å². The predicted octanol–water partition coefficient (Wildman–Crippen LogP) is 28.2. The van der Waals surface area contributed by atoms with Crippen molar-refractivity contribution in [3.63, 3.8) is 0 Å². The molecule has 0 aliphatic carbocycles. The summed E-state index contributed by atoms with van der Waals surface area (Å²) in [6.45, 7) is 22.9. The van der Waals surface area contributed by atoms with Gasteiger partial charge in [-0.05, 0) is 300 Å². The second-order valence-corrected chi connectivity index (χ2v) is 28.2. The molecule has 11 aromatic rings. The van der Waals surface area contributed by atoms with Crippen LogP contribution in [-0.2, 0) is 25.7 Å². The van der Waals surface area contributed by atoms with Crippen molar-refractivity contribution in [3.05, 3.63) is 283 Å². The van der Waals surface area contributed by atoms with E-state index in [2.05, 4.69) is 329 Å². The minimum atomic E-state index is 1.03. The lowest BCUT2D eigenvalue weighted by Gasteiger charge is -2.28. The van der Waals surface area contributed by atoms with Crippen molar-refractivity contribution in [1.82, 2.24) is 0 Å². The first-order valence-electron chi connectivity index (χ1n) is 34.8. The highest BCUT2D eigenvalue weighted by molar-refractivity contribution is 9.10. The van der Waals surface area contributed by atoms with Crippen LogP contribution in [0.2, 0.25) is 0 Å². The molecule has 0 aliphatic heterocycles. The summed E-state index contributed by atoms with van der Waals surface area (Å²) in [5.74, 6) is 0. The number of anilines is 6. The molecule has 0 fully saturated rings. The molecule has 0 atom stereocenters. The maximum Gasteiger partial charge on any atom is 0.0464 e. The zero-order valence-electron chi connectivity index (χ0n) is 57.3. The van der Waals surface area contributed by atoms with Crippen LogP contribution in [0.3, 0.4) is 0 Å². The molecule has 0 amide bonds. The molecule has 11 aromatic carbocycles. The summed E-state index contributed by atoms with van der Waals surface area (Å²) in [5.41, 5.74) is 35.7. The minimum absolute atomic E-state index is 1.03. The molecule has 2 nitrogen and oxygen atoms in total. The van der Waals surface area contributed by atoms with Gasteiger partial charge in [0.15, 0.2) is 0 Å². The van der Waals surface area contributed by atoms with E-state index < -0.39 is 0 Å². The number of hydrogen-bond acceptors (Lipinski definition) is 2. The topological polar surface area (TPSA) is 6.48 Å². The van der Waals surface area contributed by atoms with Gasteiger partial charge in [-0.15, -0.1) is 0 Å². The average Bonchev–Trinajstić information content (AvgIpc) is 0.792. The van der Waals surface area contributed by atoms with Crippen molar-refractivity contribution in [3.8, 4) is 66.8 Å². The number of benzene rings is 11. The Morgan fingerprint density at radius 1 is 0.245 bits per heavy atom. The lowest BCUT2D eigenvalue weighted by molar-refractivity contribution is 0.664. The van der Waals surface area contributed by atoms with Crippen LogP contribution >= 0.6 is 31.9 Å². The third-order valence-electron chi connectivity index (χ3n) is 19.1. The Morgan fingerprint density at radius 2 is 0.532 bits per heavy atom. The fourth-order valence-electron chi connectivity index (χ4n) is 14.5. The van der Waals surface area contributed by atoms with E-state index in [1.165, 1.54) is 161 Å². The lowest BCUT2D eigenvalue weighted by atomic mass is 9.84. The Bertz CT molecular complexity index is 4020. The monoisotopic (exact) mass is 1360 g/mol. The Kier molecular flexibility index (Phi) is 22.6. The molecule has 478 valence electrons. The second kappa shape index (κ2) is 31.5. The molecule has 0 aliphatic rings. The van der Waals surface area contributed by atoms with E-state index in [4.69, 9.17) is 0 Å². The Balaban J connectivity index is 0.990. The summed E-state index contributed by atoms with van der Waals surface area (Å²) >= 11 is 7.29. The summed E-state index contributed by atoms with van der Waals surface area (Å²) < 4.78 is 2.16. The highest BCUT2D eigenvalue weighted by atomic mass is 79.9. The van der Waals surface area contributed by atoms with Crippen LogP contribution in [0.1, 0.15) is 148 Å². The molecule has 0 heterocycles. The van der Waals surface area contributed by atoms with Crippen LogP contribution in [0.4, 0.5) is 34.1 Å². The third kappa shape index (κ3) is 15.7. The van der Waals surface area contributed by atoms with E-state index in [0.717, 1.165) is 94.4 Å². The summed E-state index contributed by atoms with van der Waals surface area (Å²) in [5, 5.41) is 0. The molecule has 4 heteroatoms. The third-order valence-corrected chi connectivity index (χ3v) is 20.2. The van der Waals surface area contributed by atoms with E-state index in [9.17, 15) is 0 Å². The molecule has 0 saturated carbocycles. The number of rotatable bonds is 26. The molecular weight excluding hydrogens is 1270 g/mol. The fraction of sp³-hybridized carbons (Fsp3) is 0.267. The van der Waals surface area contributed by atoms with Gasteiger partial charge < -0.3 is 9.80 Å². The van der Waals surface area contributed by atoms with Gasteiger partial charge in [-0.25, -0.2) is 0 Å². The second-order valence-electron chi connectivity index (χ2n) is 26.4. The molecule has 0 bridgehead atoms. The summed E-state index contributed by atoms with van der Waals surface area (Å²) in [7, 11) is 0. The number of aryl methyl sites for hydroxylation is 10. The highest BCUT2D eigenvalue weighted by Gasteiger charge is 2.22. The van der Waals surface area contributed by atoms with E-state index in [0.29, 0.717) is 0 Å². The van der Waals surface area contributed by atoms with Crippen molar-refractivity contribution < 1.29 is 0 Å². The van der Waals surface area contributed by atoms with Crippen LogP contribution in [0.25, 0.3) is 66.8 Å². The van der Waals surface area contributed by atoms with Crippen LogP contribution in [0.15, 0.2) is 227 Å². The molecule has 0 spiro atoms. The van der Waals surface area contributed by atoms with Gasteiger partial charge >= 0.3 is 0 Å². The van der Waals surface area contributed by atoms with Crippen molar-refractivity contribution in [2.75, 3.05) is 9.80 Å². The Labute approximate surface area is 580 Å². The maximum atomic E-state index is 3.65. The summed E-state index contributed by atoms with van der Waals surface area (Å²) in [4.78, 5) is 4.89. The van der Waals surface area contributed by atoms with E-state index in [-0.39, 0.29) is 0 Å². The zero-order chi connectivity index (χ0) is 65.8. The average molecular weight is 1360 g/mol. The first kappa shape index (κ1) is 67.4. The standard InChI is InChI=1S/C90H94Br2N2/c1-11-15-17-19-23-75-59-88(86-52-50-84(58-62(86)6)94(80-43-31-72(32-44-80)70-27-39-78(92)40-28-70)82-47-35-74(36-48-82)90-65(9)55-68(22-14-4)56-66(90)10)76(24-20-18-16-12-2)60-87(75)85-51-49-83(57-61(85)5)93(79-41-29-71(30-42-79)69-25-37-77(91)38-26-69)81-45-33-73(34-46-81)89-63(7)53-67(21-13-3)54-64(89)8/h25-60H,11-24H2,1-10H3. The first-order valence-corrected chi connectivity index (χ1v) is 36.4. The van der Waals surface area contributed by atoms with Crippen molar-refractivity contribution in [2.45, 2.75) is 159 Å².